The number of hydrogen-bond acceptors (Lipinski definition) is 21. The highest BCUT2D eigenvalue weighted by Gasteiger charge is 2.70. The number of aliphatic hydroxyl groups is 12. The van der Waals surface area contributed by atoms with Gasteiger partial charge in [0.15, 0.2) is 31.3 Å². The molecule has 0 amide bonds. The Hall–Kier alpha value is -1.59. The fourth-order valence-electron chi connectivity index (χ4n) is 16.3. The van der Waals surface area contributed by atoms with Crippen molar-refractivity contribution in [1.29, 1.82) is 0 Å². The highest BCUT2D eigenvalue weighted by molar-refractivity contribution is 5.73. The topological polar surface area (TPSA) is 354 Å². The van der Waals surface area contributed by atoms with Gasteiger partial charge in [-0.25, -0.2) is 4.79 Å². The monoisotopic (exact) mass is 1070 g/mol. The van der Waals surface area contributed by atoms with Gasteiger partial charge in [-0.3, -0.25) is 0 Å². The van der Waals surface area contributed by atoms with E-state index in [0.717, 1.165) is 44.9 Å². The molecule has 0 spiro atoms. The third kappa shape index (κ3) is 9.40. The maximum absolute atomic E-state index is 12.7. The molecule has 0 aromatic heterocycles. The van der Waals surface area contributed by atoms with E-state index in [-0.39, 0.29) is 51.4 Å². The zero-order valence-electron chi connectivity index (χ0n) is 44.4. The largest absolute Gasteiger partial charge is 0.479 e. The summed E-state index contributed by atoms with van der Waals surface area (Å²) in [6.45, 7) is 15.5. The quantitative estimate of drug-likeness (QED) is 0.0887. The minimum atomic E-state index is -2.15. The molecule has 9 aliphatic rings. The summed E-state index contributed by atoms with van der Waals surface area (Å²) in [6, 6.07) is 0. The highest BCUT2D eigenvalue weighted by atomic mass is 16.8. The molecule has 4 heterocycles. The van der Waals surface area contributed by atoms with Crippen LogP contribution >= 0.6 is 0 Å². The van der Waals surface area contributed by atoms with Crippen LogP contribution in [0.5, 0.6) is 0 Å². The Kier molecular flexibility index (Phi) is 16.1. The number of carbonyl (C=O) groups is 1. The molecule has 9 rings (SSSR count). The Morgan fingerprint density at radius 1 is 0.627 bits per heavy atom. The van der Waals surface area contributed by atoms with Crippen LogP contribution in [0.3, 0.4) is 0 Å². The Balaban J connectivity index is 1.02. The molecule has 0 aromatic rings. The molecule has 4 saturated carbocycles. The summed E-state index contributed by atoms with van der Waals surface area (Å²) >= 11 is 0. The Morgan fingerprint density at radius 2 is 1.28 bits per heavy atom. The van der Waals surface area contributed by atoms with E-state index in [1.54, 1.807) is 0 Å². The first-order chi connectivity index (χ1) is 35.0. The summed E-state index contributed by atoms with van der Waals surface area (Å²) in [5, 5.41) is 143. The Bertz CT molecular complexity index is 2080. The van der Waals surface area contributed by atoms with Gasteiger partial charge >= 0.3 is 5.97 Å². The van der Waals surface area contributed by atoms with E-state index in [2.05, 4.69) is 47.6 Å². The van der Waals surface area contributed by atoms with Gasteiger partial charge in [-0.15, -0.1) is 0 Å². The molecule has 0 radical (unpaired) electrons. The number of hydrogen-bond donors (Lipinski definition) is 13. The molecule has 430 valence electrons. The van der Waals surface area contributed by atoms with E-state index in [1.807, 2.05) is 6.92 Å². The molecule has 0 aromatic carbocycles. The van der Waals surface area contributed by atoms with Gasteiger partial charge in [0.25, 0.3) is 0 Å². The third-order valence-corrected chi connectivity index (χ3v) is 21.2. The first-order valence-corrected chi connectivity index (χ1v) is 27.2. The van der Waals surface area contributed by atoms with Crippen molar-refractivity contribution < 1.29 is 109 Å². The SMILES string of the molecule is C[C@@H]1O[C@@H](O[C@@H]2C(O[C@H]3[C@H](O[C@H]4CC[C@@]5(C)C(CC[C@]6(C)C5CC=C5[C@@H]7CC(C)(C)C[C@@H](O)[C@]7(C)CC[C@]56C)[C@@]4(C)CO)O[C@H](C(=O)O)[C@@H](O)[C@@H]3O)O[C@@H](CO)[C@H](O)[C@@H]2O[C@@H]2OC[C@H](O)[C@H](O)[C@H]2O)[C@H](O)[C@H](O)[C@H]1O. The van der Waals surface area contributed by atoms with Crippen molar-refractivity contribution in [2.75, 3.05) is 19.8 Å². The fourth-order valence-corrected chi connectivity index (χ4v) is 16.3. The maximum Gasteiger partial charge on any atom is 0.335 e. The van der Waals surface area contributed by atoms with Crippen LogP contribution < -0.4 is 0 Å². The van der Waals surface area contributed by atoms with Gasteiger partial charge < -0.3 is 104 Å². The van der Waals surface area contributed by atoms with Crippen molar-refractivity contribution in [1.82, 2.24) is 0 Å². The lowest BCUT2D eigenvalue weighted by atomic mass is 9.33. The smallest absolute Gasteiger partial charge is 0.335 e. The molecule has 4 saturated heterocycles. The molecule has 4 aliphatic heterocycles. The van der Waals surface area contributed by atoms with E-state index in [0.29, 0.717) is 12.8 Å². The number of aliphatic carboxylic acids is 1. The van der Waals surface area contributed by atoms with Crippen LogP contribution in [0.4, 0.5) is 0 Å². The van der Waals surface area contributed by atoms with E-state index in [4.69, 9.17) is 37.9 Å². The average molecular weight is 1080 g/mol. The van der Waals surface area contributed by atoms with Gasteiger partial charge in [-0.2, -0.15) is 0 Å². The summed E-state index contributed by atoms with van der Waals surface area (Å²) in [5.41, 5.74) is -0.335. The molecule has 75 heavy (non-hydrogen) atoms. The van der Waals surface area contributed by atoms with Crippen molar-refractivity contribution in [3.8, 4) is 0 Å². The molecule has 0 bridgehead atoms. The van der Waals surface area contributed by atoms with E-state index >= 15 is 0 Å². The van der Waals surface area contributed by atoms with Crippen LogP contribution in [-0.4, -0.2) is 221 Å². The number of carboxylic acid groups (broad SMARTS) is 1. The summed E-state index contributed by atoms with van der Waals surface area (Å²) in [5.74, 6) is -1.33. The first kappa shape index (κ1) is 58.1. The number of allylic oxidation sites excluding steroid dienone is 2. The predicted octanol–water partition coefficient (Wildman–Crippen LogP) is -0.832. The second-order valence-electron chi connectivity index (χ2n) is 26.0. The van der Waals surface area contributed by atoms with Crippen LogP contribution in [-0.2, 0) is 42.7 Å². The second-order valence-corrected chi connectivity index (χ2v) is 26.0. The summed E-state index contributed by atoms with van der Waals surface area (Å²) in [6.07, 6.45) is -26.4. The van der Waals surface area contributed by atoms with Crippen LogP contribution in [0.1, 0.15) is 113 Å². The van der Waals surface area contributed by atoms with Crippen LogP contribution in [0.25, 0.3) is 0 Å². The van der Waals surface area contributed by atoms with Crippen LogP contribution in [0.15, 0.2) is 11.6 Å². The lowest BCUT2D eigenvalue weighted by molar-refractivity contribution is -0.408. The fraction of sp³-hybridized carbons (Fsp3) is 0.943. The molecule has 5 aliphatic carbocycles. The van der Waals surface area contributed by atoms with E-state index < -0.39 is 154 Å². The third-order valence-electron chi connectivity index (χ3n) is 21.2. The van der Waals surface area contributed by atoms with Gasteiger partial charge in [-0.05, 0) is 104 Å². The standard InChI is InChI=1S/C53H86O22/c1-22-31(58)34(61)38(65)45(69-22)75-42-39(72-44-37(64)32(59)25(56)20-68-44)33(60)26(19-54)70-47(42)74-41-36(63)35(62)40(43(66)67)73-46(41)71-30-12-13-50(5)27(51(30,6)21-55)11-14-53(8)28(50)10-9-23-24-17-48(2,3)18-29(57)49(24,4)15-16-52(23,53)7/h9,22,24-42,44-47,54-65H,10-21H2,1-8H3,(H,66,67)/t22-,24-,25-,26-,27?,28?,29+,30-,31-,32-,33-,34+,35-,36-,37+,38+,39-,40-,41+,42-,44-,45-,46+,47?,49+,50-,51+,52+,53+/m0/s1. The summed E-state index contributed by atoms with van der Waals surface area (Å²) < 4.78 is 48.7. The molecule has 8 fully saturated rings. The second kappa shape index (κ2) is 20.7. The van der Waals surface area contributed by atoms with Crippen molar-refractivity contribution in [2.24, 2.45) is 50.2 Å². The van der Waals surface area contributed by atoms with Crippen molar-refractivity contribution in [2.45, 2.75) is 242 Å². The Labute approximate surface area is 437 Å². The van der Waals surface area contributed by atoms with Gasteiger partial charge in [0.1, 0.15) is 79.4 Å². The zero-order chi connectivity index (χ0) is 54.9. The molecule has 29 atom stereocenters. The Morgan fingerprint density at radius 3 is 1.95 bits per heavy atom. The minimum Gasteiger partial charge on any atom is -0.479 e. The van der Waals surface area contributed by atoms with Crippen molar-refractivity contribution in [3.05, 3.63) is 11.6 Å². The maximum atomic E-state index is 12.7. The minimum absolute atomic E-state index is 0.00990. The lowest BCUT2D eigenvalue weighted by Crippen LogP contribution is -2.69. The predicted molar refractivity (Wildman–Crippen MR) is 257 cm³/mol. The van der Waals surface area contributed by atoms with Crippen LogP contribution in [0.2, 0.25) is 0 Å². The van der Waals surface area contributed by atoms with E-state index in [9.17, 15) is 71.2 Å². The number of ether oxygens (including phenoxy) is 8. The number of carboxylic acids is 1. The zero-order valence-corrected chi connectivity index (χ0v) is 44.4. The molecular formula is C53H86O22. The van der Waals surface area contributed by atoms with Gasteiger partial charge in [0.05, 0.1) is 38.1 Å². The molecule has 3 unspecified atom stereocenters. The van der Waals surface area contributed by atoms with Crippen molar-refractivity contribution in [3.63, 3.8) is 0 Å². The number of aliphatic hydroxyl groups excluding tert-OH is 12. The van der Waals surface area contributed by atoms with Crippen LogP contribution in [0, 0.1) is 50.2 Å². The molecule has 22 nitrogen and oxygen atoms in total. The van der Waals surface area contributed by atoms with Gasteiger partial charge in [0, 0.05) is 10.8 Å². The van der Waals surface area contributed by atoms with Crippen molar-refractivity contribution >= 4 is 5.97 Å². The summed E-state index contributed by atoms with van der Waals surface area (Å²) in [7, 11) is 0. The normalized spacial score (nSPS) is 55.9. The first-order valence-electron chi connectivity index (χ1n) is 27.2. The number of rotatable bonds is 11. The number of fused-ring (bicyclic) bond motifs is 7. The highest BCUT2D eigenvalue weighted by Crippen LogP contribution is 2.76. The molecular weight excluding hydrogens is 989 g/mol. The lowest BCUT2D eigenvalue weighted by Gasteiger charge is -2.72. The van der Waals surface area contributed by atoms with Gasteiger partial charge in [-0.1, -0.05) is 60.1 Å². The molecule has 22 heteroatoms. The average Bonchev–Trinajstić information content (AvgIpc) is 3.37. The molecule has 13 N–H and O–H groups in total. The van der Waals surface area contributed by atoms with E-state index in [1.165, 1.54) is 12.5 Å². The summed E-state index contributed by atoms with van der Waals surface area (Å²) in [4.78, 5) is 12.7. The van der Waals surface area contributed by atoms with Gasteiger partial charge in [0.2, 0.25) is 0 Å².